The van der Waals surface area contributed by atoms with Crippen molar-refractivity contribution in [1.82, 2.24) is 9.03 Å². The van der Waals surface area contributed by atoms with E-state index in [0.717, 1.165) is 23.3 Å². The molecule has 1 unspecified atom stereocenters. The Morgan fingerprint density at radius 1 is 1.33 bits per heavy atom. The molecule has 0 aromatic heterocycles. The Kier molecular flexibility index (Phi) is 5.15. The molecule has 0 bridgehead atoms. The van der Waals surface area contributed by atoms with Crippen LogP contribution in [0.1, 0.15) is 43.9 Å². The number of hydrogen-bond acceptors (Lipinski definition) is 4. The molecule has 0 amide bonds. The standard InChI is InChI=1S/C17H26N2O4S/c1-3-19(4-2)24(21,22)18-17(14-10-15(20)11-14)13-5-6-16-12(9-13)7-8-23-16/h5-6,9,14-15,17-18,20H,3-4,7-8,10-11H2,1-2H3. The van der Waals surface area contributed by atoms with Crippen molar-refractivity contribution < 1.29 is 18.3 Å². The van der Waals surface area contributed by atoms with Crippen LogP contribution < -0.4 is 9.46 Å². The maximum atomic E-state index is 12.7. The van der Waals surface area contributed by atoms with Crippen LogP contribution in [0.3, 0.4) is 0 Å². The van der Waals surface area contributed by atoms with Crippen LogP contribution in [0.2, 0.25) is 0 Å². The molecule has 0 radical (unpaired) electrons. The molecule has 7 heteroatoms. The molecule has 0 spiro atoms. The van der Waals surface area contributed by atoms with E-state index in [9.17, 15) is 13.5 Å². The zero-order chi connectivity index (χ0) is 17.3. The molecule has 1 fully saturated rings. The summed E-state index contributed by atoms with van der Waals surface area (Å²) in [5.74, 6) is 1.00. The van der Waals surface area contributed by atoms with Crippen LogP contribution in [0.25, 0.3) is 0 Å². The van der Waals surface area contributed by atoms with Crippen molar-refractivity contribution >= 4 is 10.2 Å². The third kappa shape index (κ3) is 3.44. The lowest BCUT2D eigenvalue weighted by Gasteiger charge is -2.39. The molecule has 0 saturated heterocycles. The Morgan fingerprint density at radius 3 is 2.67 bits per heavy atom. The highest BCUT2D eigenvalue weighted by molar-refractivity contribution is 7.87. The number of fused-ring (bicyclic) bond motifs is 1. The summed E-state index contributed by atoms with van der Waals surface area (Å²) in [5, 5.41) is 9.66. The molecule has 1 aliphatic heterocycles. The fourth-order valence-electron chi connectivity index (χ4n) is 3.54. The van der Waals surface area contributed by atoms with E-state index in [2.05, 4.69) is 4.72 Å². The molecule has 134 valence electrons. The highest BCUT2D eigenvalue weighted by Gasteiger charge is 2.38. The molecule has 3 rings (SSSR count). The Labute approximate surface area is 144 Å². The average Bonchev–Trinajstić information content (AvgIpc) is 2.98. The summed E-state index contributed by atoms with van der Waals surface area (Å²) in [6.07, 6.45) is 1.78. The number of nitrogens with zero attached hydrogens (tertiary/aromatic N) is 1. The van der Waals surface area contributed by atoms with Gasteiger partial charge in [-0.1, -0.05) is 26.0 Å². The second-order valence-electron chi connectivity index (χ2n) is 6.54. The molecule has 2 aliphatic rings. The number of rotatable bonds is 7. The van der Waals surface area contributed by atoms with Gasteiger partial charge in [-0.2, -0.15) is 17.4 Å². The van der Waals surface area contributed by atoms with Gasteiger partial charge in [-0.25, -0.2) is 0 Å². The highest BCUT2D eigenvalue weighted by Crippen LogP contribution is 2.40. The topological polar surface area (TPSA) is 78.9 Å². The van der Waals surface area contributed by atoms with Crippen molar-refractivity contribution in [2.45, 2.75) is 45.3 Å². The van der Waals surface area contributed by atoms with Gasteiger partial charge in [-0.3, -0.25) is 0 Å². The van der Waals surface area contributed by atoms with E-state index in [1.165, 1.54) is 4.31 Å². The summed E-state index contributed by atoms with van der Waals surface area (Å²) in [5.41, 5.74) is 2.08. The van der Waals surface area contributed by atoms with Crippen LogP contribution in [-0.2, 0) is 16.6 Å². The summed E-state index contributed by atoms with van der Waals surface area (Å²) in [7, 11) is -3.55. The van der Waals surface area contributed by atoms with E-state index in [1.54, 1.807) is 0 Å². The summed E-state index contributed by atoms with van der Waals surface area (Å²) in [4.78, 5) is 0. The van der Waals surface area contributed by atoms with Crippen LogP contribution in [0.4, 0.5) is 0 Å². The number of benzene rings is 1. The molecule has 1 saturated carbocycles. The van der Waals surface area contributed by atoms with Crippen molar-refractivity contribution in [3.05, 3.63) is 29.3 Å². The fourth-order valence-corrected chi connectivity index (χ4v) is 5.02. The number of hydrogen-bond donors (Lipinski definition) is 2. The van der Waals surface area contributed by atoms with Gasteiger partial charge in [0.1, 0.15) is 5.75 Å². The Hall–Kier alpha value is -1.15. The Balaban J connectivity index is 1.87. The molecule has 24 heavy (non-hydrogen) atoms. The zero-order valence-corrected chi connectivity index (χ0v) is 15.1. The highest BCUT2D eigenvalue weighted by atomic mass is 32.2. The van der Waals surface area contributed by atoms with Crippen molar-refractivity contribution in [2.24, 2.45) is 5.92 Å². The van der Waals surface area contributed by atoms with Crippen molar-refractivity contribution in [3.63, 3.8) is 0 Å². The van der Waals surface area contributed by atoms with Gasteiger partial charge in [-0.15, -0.1) is 0 Å². The minimum absolute atomic E-state index is 0.116. The lowest BCUT2D eigenvalue weighted by atomic mass is 9.75. The SMILES string of the molecule is CCN(CC)S(=O)(=O)NC(c1ccc2c(c1)CCO2)C1CC(O)C1. The van der Waals surface area contributed by atoms with Gasteiger partial charge in [0.15, 0.2) is 0 Å². The molecule has 2 N–H and O–H groups in total. The van der Waals surface area contributed by atoms with E-state index in [0.29, 0.717) is 32.5 Å². The van der Waals surface area contributed by atoms with Gasteiger partial charge in [-0.05, 0) is 36.0 Å². The van der Waals surface area contributed by atoms with Crippen LogP contribution in [0, 0.1) is 5.92 Å². The largest absolute Gasteiger partial charge is 0.493 e. The normalized spacial score (nSPS) is 24.3. The molecule has 1 aromatic carbocycles. The third-order valence-electron chi connectivity index (χ3n) is 5.01. The maximum Gasteiger partial charge on any atom is 0.279 e. The first kappa shape index (κ1) is 17.7. The first-order chi connectivity index (χ1) is 11.4. The first-order valence-corrected chi connectivity index (χ1v) is 10.1. The van der Waals surface area contributed by atoms with E-state index < -0.39 is 10.2 Å². The van der Waals surface area contributed by atoms with Crippen molar-refractivity contribution in [1.29, 1.82) is 0 Å². The Bertz CT molecular complexity index is 682. The Morgan fingerprint density at radius 2 is 2.04 bits per heavy atom. The van der Waals surface area contributed by atoms with Crippen molar-refractivity contribution in [3.8, 4) is 5.75 Å². The minimum Gasteiger partial charge on any atom is -0.493 e. The summed E-state index contributed by atoms with van der Waals surface area (Å²) < 4.78 is 35.2. The second kappa shape index (κ2) is 7.00. The van der Waals surface area contributed by atoms with E-state index in [-0.39, 0.29) is 18.1 Å². The number of aliphatic hydroxyl groups is 1. The summed E-state index contributed by atoms with van der Waals surface area (Å²) in [6, 6.07) is 5.59. The van der Waals surface area contributed by atoms with E-state index in [1.807, 2.05) is 32.0 Å². The molecular weight excluding hydrogens is 328 g/mol. The van der Waals surface area contributed by atoms with Gasteiger partial charge < -0.3 is 9.84 Å². The van der Waals surface area contributed by atoms with E-state index >= 15 is 0 Å². The summed E-state index contributed by atoms with van der Waals surface area (Å²) in [6.45, 7) is 5.21. The molecule has 1 aliphatic carbocycles. The molecule has 1 aromatic rings. The smallest absolute Gasteiger partial charge is 0.279 e. The van der Waals surface area contributed by atoms with Gasteiger partial charge in [0.25, 0.3) is 10.2 Å². The predicted molar refractivity (Wildman–Crippen MR) is 92.1 cm³/mol. The lowest BCUT2D eigenvalue weighted by Crippen LogP contribution is -2.47. The number of ether oxygens (including phenoxy) is 1. The number of nitrogens with one attached hydrogen (secondary N) is 1. The quantitative estimate of drug-likeness (QED) is 0.780. The zero-order valence-electron chi connectivity index (χ0n) is 14.2. The molecule has 1 atom stereocenters. The average molecular weight is 354 g/mol. The van der Waals surface area contributed by atoms with Gasteiger partial charge >= 0.3 is 0 Å². The van der Waals surface area contributed by atoms with E-state index in [4.69, 9.17) is 4.74 Å². The number of aliphatic hydroxyl groups excluding tert-OH is 1. The van der Waals surface area contributed by atoms with Crippen LogP contribution in [0.15, 0.2) is 18.2 Å². The lowest BCUT2D eigenvalue weighted by molar-refractivity contribution is 0.0277. The fraction of sp³-hybridized carbons (Fsp3) is 0.647. The van der Waals surface area contributed by atoms with Crippen LogP contribution >= 0.6 is 0 Å². The molecular formula is C17H26N2O4S. The molecule has 6 nitrogen and oxygen atoms in total. The van der Waals surface area contributed by atoms with Gasteiger partial charge in [0.2, 0.25) is 0 Å². The maximum absolute atomic E-state index is 12.7. The monoisotopic (exact) mass is 354 g/mol. The van der Waals surface area contributed by atoms with Gasteiger partial charge in [0.05, 0.1) is 18.8 Å². The summed E-state index contributed by atoms with van der Waals surface area (Å²) >= 11 is 0. The second-order valence-corrected chi connectivity index (χ2v) is 8.24. The molecule has 1 heterocycles. The third-order valence-corrected chi connectivity index (χ3v) is 6.76. The van der Waals surface area contributed by atoms with Crippen LogP contribution in [-0.4, -0.2) is 43.6 Å². The van der Waals surface area contributed by atoms with Crippen LogP contribution in [0.5, 0.6) is 5.75 Å². The van der Waals surface area contributed by atoms with Crippen molar-refractivity contribution in [2.75, 3.05) is 19.7 Å². The minimum atomic E-state index is -3.55. The first-order valence-electron chi connectivity index (χ1n) is 8.65. The van der Waals surface area contributed by atoms with Gasteiger partial charge in [0, 0.05) is 19.5 Å². The predicted octanol–water partition coefficient (Wildman–Crippen LogP) is 1.61.